The van der Waals surface area contributed by atoms with Crippen LogP contribution in [0.2, 0.25) is 0 Å². The third-order valence-corrected chi connectivity index (χ3v) is 4.99. The summed E-state index contributed by atoms with van der Waals surface area (Å²) in [5.41, 5.74) is 1.88. The van der Waals surface area contributed by atoms with E-state index >= 15 is 0 Å². The largest absolute Gasteiger partial charge is 0.484 e. The Kier molecular flexibility index (Phi) is 7.12. The van der Waals surface area contributed by atoms with E-state index in [4.69, 9.17) is 9.47 Å². The highest BCUT2D eigenvalue weighted by Crippen LogP contribution is 2.34. The molecule has 1 aromatic carbocycles. The van der Waals surface area contributed by atoms with Crippen molar-refractivity contribution in [2.45, 2.75) is 34.1 Å². The highest BCUT2D eigenvalue weighted by Gasteiger charge is 2.23. The highest BCUT2D eigenvalue weighted by molar-refractivity contribution is 7.16. The average Bonchev–Trinajstić information content (AvgIpc) is 2.95. The monoisotopic (exact) mass is 389 g/mol. The van der Waals surface area contributed by atoms with Crippen LogP contribution in [-0.2, 0) is 16.0 Å². The molecule has 144 valence electrons. The molecule has 2 aromatic rings. The number of benzene rings is 1. The minimum Gasteiger partial charge on any atom is -0.484 e. The van der Waals surface area contributed by atoms with Crippen molar-refractivity contribution < 1.29 is 23.9 Å². The molecule has 0 saturated heterocycles. The summed E-state index contributed by atoms with van der Waals surface area (Å²) < 4.78 is 10.6. The summed E-state index contributed by atoms with van der Waals surface area (Å²) in [4.78, 5) is 36.8. The lowest BCUT2D eigenvalue weighted by atomic mass is 10.1. The van der Waals surface area contributed by atoms with Gasteiger partial charge < -0.3 is 14.8 Å². The Labute approximate surface area is 162 Å². The van der Waals surface area contributed by atoms with Crippen LogP contribution in [0.5, 0.6) is 5.75 Å². The van der Waals surface area contributed by atoms with Crippen molar-refractivity contribution in [2.75, 3.05) is 18.5 Å². The number of aryl methyl sites for hydroxylation is 1. The molecule has 6 nitrogen and oxygen atoms in total. The fourth-order valence-corrected chi connectivity index (χ4v) is 3.76. The molecule has 0 saturated carbocycles. The van der Waals surface area contributed by atoms with E-state index in [0.29, 0.717) is 28.3 Å². The smallest absolute Gasteiger partial charge is 0.341 e. The van der Waals surface area contributed by atoms with Gasteiger partial charge in [0.1, 0.15) is 10.8 Å². The lowest BCUT2D eigenvalue weighted by molar-refractivity contribution is -0.118. The first kappa shape index (κ1) is 20.6. The first-order valence-corrected chi connectivity index (χ1v) is 9.52. The summed E-state index contributed by atoms with van der Waals surface area (Å²) in [6.45, 7) is 7.15. The second kappa shape index (κ2) is 9.32. The molecular weight excluding hydrogens is 366 g/mol. The topological polar surface area (TPSA) is 81.7 Å². The number of rotatable bonds is 8. The summed E-state index contributed by atoms with van der Waals surface area (Å²) >= 11 is 1.35. The van der Waals surface area contributed by atoms with Gasteiger partial charge in [0.15, 0.2) is 12.4 Å². The van der Waals surface area contributed by atoms with E-state index in [1.165, 1.54) is 18.3 Å². The van der Waals surface area contributed by atoms with Gasteiger partial charge in [0.05, 0.1) is 12.2 Å². The van der Waals surface area contributed by atoms with E-state index in [1.54, 1.807) is 31.2 Å². The van der Waals surface area contributed by atoms with E-state index in [1.807, 2.05) is 13.8 Å². The lowest BCUT2D eigenvalue weighted by Gasteiger charge is -2.09. The second-order valence-electron chi connectivity index (χ2n) is 5.83. The predicted octanol–water partition coefficient (Wildman–Crippen LogP) is 4.02. The Morgan fingerprint density at radius 3 is 2.33 bits per heavy atom. The summed E-state index contributed by atoms with van der Waals surface area (Å²) in [6.07, 6.45) is 0.672. The number of carbonyl (C=O) groups is 3. The van der Waals surface area contributed by atoms with Crippen molar-refractivity contribution >= 4 is 34.0 Å². The van der Waals surface area contributed by atoms with Crippen molar-refractivity contribution in [1.29, 1.82) is 0 Å². The Morgan fingerprint density at radius 1 is 1.11 bits per heavy atom. The predicted molar refractivity (Wildman–Crippen MR) is 105 cm³/mol. The number of hydrogen-bond donors (Lipinski definition) is 1. The molecule has 1 aromatic heterocycles. The third-order valence-electron chi connectivity index (χ3n) is 3.93. The summed E-state index contributed by atoms with van der Waals surface area (Å²) in [7, 11) is 0. The van der Waals surface area contributed by atoms with Crippen LogP contribution in [0.1, 0.15) is 51.9 Å². The van der Waals surface area contributed by atoms with Crippen LogP contribution in [0, 0.1) is 6.92 Å². The van der Waals surface area contributed by atoms with E-state index in [-0.39, 0.29) is 24.9 Å². The summed E-state index contributed by atoms with van der Waals surface area (Å²) in [5.74, 6) is -0.363. The minimum absolute atomic E-state index is 0.0365. The summed E-state index contributed by atoms with van der Waals surface area (Å²) in [6, 6.07) is 6.56. The number of esters is 1. The molecule has 0 radical (unpaired) electrons. The molecule has 0 aliphatic carbocycles. The Hall–Kier alpha value is -2.67. The minimum atomic E-state index is -0.435. The summed E-state index contributed by atoms with van der Waals surface area (Å²) in [5, 5.41) is 3.22. The first-order chi connectivity index (χ1) is 12.9. The van der Waals surface area contributed by atoms with Gasteiger partial charge in [-0.1, -0.05) is 6.92 Å². The van der Waals surface area contributed by atoms with Crippen molar-refractivity contribution in [3.05, 3.63) is 45.8 Å². The fraction of sp³-hybridized carbons (Fsp3) is 0.350. The van der Waals surface area contributed by atoms with E-state index in [2.05, 4.69) is 5.32 Å². The number of anilines is 1. The van der Waals surface area contributed by atoms with Crippen molar-refractivity contribution in [3.63, 3.8) is 0 Å². The number of carbonyl (C=O) groups excluding carboxylic acids is 3. The molecule has 0 aliphatic rings. The van der Waals surface area contributed by atoms with Crippen LogP contribution in [0.15, 0.2) is 24.3 Å². The van der Waals surface area contributed by atoms with Gasteiger partial charge in [-0.3, -0.25) is 9.59 Å². The van der Waals surface area contributed by atoms with Gasteiger partial charge in [-0.25, -0.2) is 4.79 Å². The van der Waals surface area contributed by atoms with Gasteiger partial charge >= 0.3 is 5.97 Å². The van der Waals surface area contributed by atoms with Crippen LogP contribution >= 0.6 is 11.3 Å². The molecule has 27 heavy (non-hydrogen) atoms. The molecule has 2 rings (SSSR count). The molecule has 1 N–H and O–H groups in total. The maximum atomic E-state index is 12.3. The Balaban J connectivity index is 2.06. The van der Waals surface area contributed by atoms with Gasteiger partial charge in [-0.05, 0) is 57.0 Å². The molecular formula is C20H23NO5S. The Bertz CT molecular complexity index is 839. The molecule has 0 fully saturated rings. The van der Waals surface area contributed by atoms with E-state index in [0.717, 1.165) is 10.4 Å². The molecule has 0 atom stereocenters. The number of thiophene rings is 1. The number of nitrogens with one attached hydrogen (secondary N) is 1. The molecule has 0 aliphatic heterocycles. The van der Waals surface area contributed by atoms with Gasteiger partial charge in [-0.2, -0.15) is 0 Å². The first-order valence-electron chi connectivity index (χ1n) is 8.70. The van der Waals surface area contributed by atoms with Gasteiger partial charge in [0.2, 0.25) is 0 Å². The number of ketones is 1. The quantitative estimate of drug-likeness (QED) is 0.545. The normalized spacial score (nSPS) is 10.4. The average molecular weight is 389 g/mol. The SMILES string of the molecule is CCOC(=O)c1c(NC(=O)COc2ccc(C(C)=O)cc2)sc(C)c1CC. The molecule has 1 heterocycles. The second-order valence-corrected chi connectivity index (χ2v) is 7.06. The van der Waals surface area contributed by atoms with Crippen molar-refractivity contribution in [1.82, 2.24) is 0 Å². The molecule has 0 unspecified atom stereocenters. The number of hydrogen-bond acceptors (Lipinski definition) is 6. The van der Waals surface area contributed by atoms with Gasteiger partial charge in [0.25, 0.3) is 5.91 Å². The Morgan fingerprint density at radius 2 is 1.78 bits per heavy atom. The van der Waals surface area contributed by atoms with Crippen LogP contribution in [0.3, 0.4) is 0 Å². The van der Waals surface area contributed by atoms with Crippen LogP contribution in [0.25, 0.3) is 0 Å². The number of amides is 1. The molecule has 0 bridgehead atoms. The molecule has 7 heteroatoms. The maximum absolute atomic E-state index is 12.3. The fourth-order valence-electron chi connectivity index (χ4n) is 2.61. The molecule has 1 amide bonds. The third kappa shape index (κ3) is 5.17. The van der Waals surface area contributed by atoms with Crippen LogP contribution in [0.4, 0.5) is 5.00 Å². The van der Waals surface area contributed by atoms with E-state index in [9.17, 15) is 14.4 Å². The van der Waals surface area contributed by atoms with Crippen molar-refractivity contribution in [3.8, 4) is 5.75 Å². The molecule has 0 spiro atoms. The zero-order valence-corrected chi connectivity index (χ0v) is 16.7. The van der Waals surface area contributed by atoms with Crippen LogP contribution < -0.4 is 10.1 Å². The maximum Gasteiger partial charge on any atom is 0.341 e. The van der Waals surface area contributed by atoms with Gasteiger partial charge in [-0.15, -0.1) is 11.3 Å². The van der Waals surface area contributed by atoms with E-state index < -0.39 is 5.97 Å². The van der Waals surface area contributed by atoms with Crippen molar-refractivity contribution in [2.24, 2.45) is 0 Å². The zero-order valence-electron chi connectivity index (χ0n) is 15.9. The lowest BCUT2D eigenvalue weighted by Crippen LogP contribution is -2.21. The number of Topliss-reactive ketones (excluding diaryl/α,β-unsaturated/α-hetero) is 1. The van der Waals surface area contributed by atoms with Crippen LogP contribution in [-0.4, -0.2) is 30.9 Å². The number of ether oxygens (including phenoxy) is 2. The zero-order chi connectivity index (χ0) is 20.0. The van der Waals surface area contributed by atoms with Gasteiger partial charge in [0, 0.05) is 10.4 Å². The highest BCUT2D eigenvalue weighted by atomic mass is 32.1. The standard InChI is InChI=1S/C20H23NO5S/c1-5-16-13(4)27-19(18(16)20(24)25-6-2)21-17(23)11-26-15-9-7-14(8-10-15)12(3)22/h7-10H,5-6,11H2,1-4H3,(H,21,23).